The Balaban J connectivity index is 1.51. The molecule has 0 unspecified atom stereocenters. The fraction of sp³-hybridized carbons (Fsp3) is 0.476. The Bertz CT molecular complexity index is 823. The third-order valence-electron chi connectivity index (χ3n) is 6.64. The van der Waals surface area contributed by atoms with Crippen molar-refractivity contribution in [2.75, 3.05) is 18.0 Å². The number of amides is 3. The maximum absolute atomic E-state index is 13.1. The summed E-state index contributed by atoms with van der Waals surface area (Å²) in [6.45, 7) is 3.41. The molecule has 2 saturated heterocycles. The molecule has 0 radical (unpaired) electrons. The Morgan fingerprint density at radius 3 is 2.23 bits per heavy atom. The highest BCUT2D eigenvalue weighted by Gasteiger charge is 2.59. The van der Waals surface area contributed by atoms with E-state index in [1.165, 1.54) is 4.90 Å². The highest BCUT2D eigenvalue weighted by Crippen LogP contribution is 2.53. The highest BCUT2D eigenvalue weighted by molar-refractivity contribution is 6.23. The zero-order valence-corrected chi connectivity index (χ0v) is 14.9. The van der Waals surface area contributed by atoms with E-state index in [9.17, 15) is 14.4 Å². The largest absolute Gasteiger partial charge is 0.339 e. The molecule has 0 spiro atoms. The van der Waals surface area contributed by atoms with Gasteiger partial charge in [0.1, 0.15) is 0 Å². The predicted molar refractivity (Wildman–Crippen MR) is 96.5 cm³/mol. The molecule has 5 nitrogen and oxygen atoms in total. The quantitative estimate of drug-likeness (QED) is 0.608. The van der Waals surface area contributed by atoms with Crippen LogP contribution in [0.25, 0.3) is 0 Å². The maximum Gasteiger partial charge on any atom is 0.254 e. The molecule has 134 valence electrons. The summed E-state index contributed by atoms with van der Waals surface area (Å²) in [6.07, 6.45) is 7.19. The number of benzene rings is 1. The average Bonchev–Trinajstić information content (AvgIpc) is 3.40. The number of hydrogen-bond donors (Lipinski definition) is 0. The molecule has 5 heteroatoms. The topological polar surface area (TPSA) is 57.7 Å². The minimum absolute atomic E-state index is 0.00266. The van der Waals surface area contributed by atoms with Crippen molar-refractivity contribution in [2.24, 2.45) is 23.7 Å². The minimum Gasteiger partial charge on any atom is -0.339 e. The lowest BCUT2D eigenvalue weighted by atomic mass is 9.85. The zero-order chi connectivity index (χ0) is 18.0. The van der Waals surface area contributed by atoms with E-state index in [0.717, 1.165) is 37.9 Å². The van der Waals surface area contributed by atoms with Crippen LogP contribution in [0.15, 0.2) is 30.4 Å². The molecule has 5 rings (SSSR count). The predicted octanol–water partition coefficient (Wildman–Crippen LogP) is 2.54. The van der Waals surface area contributed by atoms with Crippen LogP contribution in [0.5, 0.6) is 0 Å². The molecule has 26 heavy (non-hydrogen) atoms. The number of likely N-dealkylation sites (tertiary alicyclic amines) is 1. The van der Waals surface area contributed by atoms with Crippen molar-refractivity contribution in [3.05, 3.63) is 41.5 Å². The van der Waals surface area contributed by atoms with Gasteiger partial charge in [0, 0.05) is 18.7 Å². The number of fused-ring (bicyclic) bond motifs is 5. The van der Waals surface area contributed by atoms with Gasteiger partial charge in [0.15, 0.2) is 0 Å². The smallest absolute Gasteiger partial charge is 0.254 e. The second-order valence-electron chi connectivity index (χ2n) is 7.96. The van der Waals surface area contributed by atoms with E-state index in [1.54, 1.807) is 18.2 Å². The number of anilines is 1. The normalized spacial score (nSPS) is 32.0. The Morgan fingerprint density at radius 2 is 1.62 bits per heavy atom. The molecule has 2 aliphatic carbocycles. The third kappa shape index (κ3) is 2.00. The zero-order valence-electron chi connectivity index (χ0n) is 14.9. The summed E-state index contributed by atoms with van der Waals surface area (Å²) in [5.74, 6) is -0.216. The van der Waals surface area contributed by atoms with Gasteiger partial charge in [-0.25, -0.2) is 4.90 Å². The van der Waals surface area contributed by atoms with Gasteiger partial charge in [-0.3, -0.25) is 14.4 Å². The van der Waals surface area contributed by atoms with Crippen LogP contribution in [0.2, 0.25) is 0 Å². The van der Waals surface area contributed by atoms with E-state index in [0.29, 0.717) is 11.3 Å². The van der Waals surface area contributed by atoms with E-state index >= 15 is 0 Å². The van der Waals surface area contributed by atoms with Gasteiger partial charge in [0.2, 0.25) is 11.8 Å². The van der Waals surface area contributed by atoms with Crippen molar-refractivity contribution in [1.29, 1.82) is 0 Å². The summed E-state index contributed by atoms with van der Waals surface area (Å²) in [5, 5.41) is 0. The maximum atomic E-state index is 13.1. The molecule has 3 amide bonds. The van der Waals surface area contributed by atoms with Crippen molar-refractivity contribution in [3.63, 3.8) is 0 Å². The van der Waals surface area contributed by atoms with Crippen molar-refractivity contribution < 1.29 is 14.4 Å². The summed E-state index contributed by atoms with van der Waals surface area (Å²) in [6, 6.07) is 5.38. The lowest BCUT2D eigenvalue weighted by molar-refractivity contribution is -0.123. The van der Waals surface area contributed by atoms with Crippen molar-refractivity contribution in [1.82, 2.24) is 4.90 Å². The second-order valence-corrected chi connectivity index (χ2v) is 7.96. The van der Waals surface area contributed by atoms with Gasteiger partial charge in [-0.05, 0) is 55.7 Å². The summed E-state index contributed by atoms with van der Waals surface area (Å²) < 4.78 is 0. The molecule has 0 N–H and O–H groups in total. The number of hydrogen-bond acceptors (Lipinski definition) is 3. The van der Waals surface area contributed by atoms with Crippen LogP contribution in [0, 0.1) is 30.6 Å². The molecule has 4 aliphatic rings. The lowest BCUT2D eigenvalue weighted by Crippen LogP contribution is -2.34. The van der Waals surface area contributed by atoms with Crippen LogP contribution in [0.1, 0.15) is 35.2 Å². The molecule has 0 aromatic heterocycles. The standard InChI is InChI=1S/C21H22N2O3/c1-12-15(19(24)22-9-2-3-10-22)5-4-6-16(12)23-20(25)17-13-7-8-14(11-13)18(17)21(23)26/h4-8,13-14,17-18H,2-3,9-11H2,1H3/t13-,14-,17+,18+/m0/s1. The first-order valence-electron chi connectivity index (χ1n) is 9.53. The minimum atomic E-state index is -0.213. The van der Waals surface area contributed by atoms with Gasteiger partial charge in [-0.2, -0.15) is 0 Å². The monoisotopic (exact) mass is 350 g/mol. The van der Waals surface area contributed by atoms with Crippen LogP contribution in [-0.2, 0) is 9.59 Å². The number of carbonyl (C=O) groups excluding carboxylic acids is 3. The first-order chi connectivity index (χ1) is 12.6. The van der Waals surface area contributed by atoms with Crippen molar-refractivity contribution in [3.8, 4) is 0 Å². The Labute approximate surface area is 152 Å². The van der Waals surface area contributed by atoms with E-state index in [2.05, 4.69) is 12.2 Å². The Kier molecular flexibility index (Phi) is 3.36. The van der Waals surface area contributed by atoms with Gasteiger partial charge < -0.3 is 4.90 Å². The summed E-state index contributed by atoms with van der Waals surface area (Å²) in [5.41, 5.74) is 1.91. The van der Waals surface area contributed by atoms with Crippen LogP contribution in [0.4, 0.5) is 5.69 Å². The van der Waals surface area contributed by atoms with E-state index in [-0.39, 0.29) is 41.4 Å². The Hall–Kier alpha value is -2.43. The summed E-state index contributed by atoms with van der Waals surface area (Å²) >= 11 is 0. The van der Waals surface area contributed by atoms with Crippen LogP contribution in [0.3, 0.4) is 0 Å². The summed E-state index contributed by atoms with van der Waals surface area (Å²) in [7, 11) is 0. The molecule has 4 atom stereocenters. The van der Waals surface area contributed by atoms with E-state index in [4.69, 9.17) is 0 Å². The highest BCUT2D eigenvalue weighted by atomic mass is 16.2. The lowest BCUT2D eigenvalue weighted by Gasteiger charge is -2.22. The van der Waals surface area contributed by atoms with Crippen molar-refractivity contribution >= 4 is 23.4 Å². The fourth-order valence-electron chi connectivity index (χ4n) is 5.33. The summed E-state index contributed by atoms with van der Waals surface area (Å²) in [4.78, 5) is 42.2. The number of imide groups is 1. The SMILES string of the molecule is Cc1c(C(=O)N2CCCC2)cccc1N1C(=O)[C@H]2[C@H](C1=O)[C@H]1C=C[C@H]2C1. The van der Waals surface area contributed by atoms with Crippen molar-refractivity contribution in [2.45, 2.75) is 26.2 Å². The van der Waals surface area contributed by atoms with Gasteiger partial charge in [0.05, 0.1) is 17.5 Å². The number of carbonyl (C=O) groups is 3. The number of nitrogens with zero attached hydrogens (tertiary/aromatic N) is 2. The third-order valence-corrected chi connectivity index (χ3v) is 6.64. The molecular formula is C21H22N2O3. The first kappa shape index (κ1) is 15.8. The molecule has 1 aromatic rings. The molecule has 1 aromatic carbocycles. The second kappa shape index (κ2) is 5.53. The molecule has 1 saturated carbocycles. The van der Waals surface area contributed by atoms with Gasteiger partial charge in [0.25, 0.3) is 5.91 Å². The van der Waals surface area contributed by atoms with Gasteiger partial charge in [-0.15, -0.1) is 0 Å². The number of allylic oxidation sites excluding steroid dienone is 2. The van der Waals surface area contributed by atoms with Gasteiger partial charge >= 0.3 is 0 Å². The van der Waals surface area contributed by atoms with Gasteiger partial charge in [-0.1, -0.05) is 18.2 Å². The molecule has 2 heterocycles. The average molecular weight is 350 g/mol. The Morgan fingerprint density at radius 1 is 1.00 bits per heavy atom. The molecule has 2 aliphatic heterocycles. The first-order valence-corrected chi connectivity index (χ1v) is 9.53. The van der Waals surface area contributed by atoms with E-state index in [1.807, 2.05) is 11.8 Å². The number of rotatable bonds is 2. The molecule has 3 fully saturated rings. The van der Waals surface area contributed by atoms with Crippen LogP contribution < -0.4 is 4.90 Å². The van der Waals surface area contributed by atoms with Crippen LogP contribution >= 0.6 is 0 Å². The molecule has 2 bridgehead atoms. The molecular weight excluding hydrogens is 328 g/mol. The van der Waals surface area contributed by atoms with Crippen LogP contribution in [-0.4, -0.2) is 35.7 Å². The van der Waals surface area contributed by atoms with E-state index < -0.39 is 0 Å². The fourth-order valence-corrected chi connectivity index (χ4v) is 5.33.